The number of rotatable bonds is 3. The molecule has 0 spiro atoms. The van der Waals surface area contributed by atoms with Crippen molar-refractivity contribution < 1.29 is 4.79 Å². The Morgan fingerprint density at radius 2 is 1.79 bits per heavy atom. The minimum Gasteiger partial charge on any atom is -0.300 e. The van der Waals surface area contributed by atoms with E-state index in [9.17, 15) is 4.79 Å². The minimum absolute atomic E-state index is 0.101. The van der Waals surface area contributed by atoms with Gasteiger partial charge >= 0.3 is 0 Å². The van der Waals surface area contributed by atoms with E-state index in [1.807, 2.05) is 24.3 Å². The van der Waals surface area contributed by atoms with E-state index in [4.69, 9.17) is 11.6 Å². The zero-order chi connectivity index (χ0) is 10.8. The molecule has 0 N–H and O–H groups in total. The number of Topliss-reactive ketones (excluding diaryl/α,β-unsaturated/α-hetero) is 1. The normalized spacial score (nSPS) is 11.4. The number of ketones is 1. The first-order valence-corrected chi connectivity index (χ1v) is 5.05. The first-order valence-electron chi connectivity index (χ1n) is 4.67. The molecule has 2 heteroatoms. The zero-order valence-electron chi connectivity index (χ0n) is 8.80. The predicted molar refractivity (Wildman–Crippen MR) is 59.8 cm³/mol. The molecule has 1 nitrogen and oxygen atoms in total. The van der Waals surface area contributed by atoms with Gasteiger partial charge in [0.15, 0.2) is 0 Å². The molecular weight excluding hydrogens is 196 g/mol. The van der Waals surface area contributed by atoms with Gasteiger partial charge in [0.2, 0.25) is 0 Å². The van der Waals surface area contributed by atoms with Gasteiger partial charge < -0.3 is 0 Å². The Labute approximate surface area is 90.1 Å². The summed E-state index contributed by atoms with van der Waals surface area (Å²) in [5, 5.41) is 0.729. The third kappa shape index (κ3) is 2.85. The molecule has 0 aliphatic rings. The van der Waals surface area contributed by atoms with Crippen LogP contribution in [0.3, 0.4) is 0 Å². The van der Waals surface area contributed by atoms with Crippen molar-refractivity contribution in [1.29, 1.82) is 0 Å². The van der Waals surface area contributed by atoms with Crippen LogP contribution in [-0.2, 0) is 10.2 Å². The van der Waals surface area contributed by atoms with Gasteiger partial charge in [-0.15, -0.1) is 0 Å². The first kappa shape index (κ1) is 11.3. The molecule has 14 heavy (non-hydrogen) atoms. The van der Waals surface area contributed by atoms with Gasteiger partial charge in [-0.2, -0.15) is 0 Å². The molecular formula is C12H15ClO. The highest BCUT2D eigenvalue weighted by molar-refractivity contribution is 6.30. The summed E-state index contributed by atoms with van der Waals surface area (Å²) >= 11 is 5.80. The number of carbonyl (C=O) groups excluding carboxylic acids is 1. The molecule has 1 rings (SSSR count). The van der Waals surface area contributed by atoms with Crippen molar-refractivity contribution in [1.82, 2.24) is 0 Å². The second kappa shape index (κ2) is 4.14. The highest BCUT2D eigenvalue weighted by atomic mass is 35.5. The molecule has 0 radical (unpaired) electrons. The van der Waals surface area contributed by atoms with Crippen LogP contribution in [0.15, 0.2) is 24.3 Å². The summed E-state index contributed by atoms with van der Waals surface area (Å²) in [5.74, 6) is 0.213. The minimum atomic E-state index is -0.101. The lowest BCUT2D eigenvalue weighted by Crippen LogP contribution is -2.20. The quantitative estimate of drug-likeness (QED) is 0.745. The summed E-state index contributed by atoms with van der Waals surface area (Å²) in [6.45, 7) is 5.76. The lowest BCUT2D eigenvalue weighted by atomic mass is 9.80. The van der Waals surface area contributed by atoms with Gasteiger partial charge in [0, 0.05) is 11.4 Å². The van der Waals surface area contributed by atoms with E-state index in [0.717, 1.165) is 10.6 Å². The summed E-state index contributed by atoms with van der Waals surface area (Å²) in [6, 6.07) is 7.67. The van der Waals surface area contributed by atoms with Crippen molar-refractivity contribution in [2.24, 2.45) is 0 Å². The molecule has 0 bridgehead atoms. The monoisotopic (exact) mass is 210 g/mol. The number of benzene rings is 1. The van der Waals surface area contributed by atoms with Crippen LogP contribution in [0.25, 0.3) is 0 Å². The van der Waals surface area contributed by atoms with E-state index in [1.165, 1.54) is 0 Å². The van der Waals surface area contributed by atoms with Crippen LogP contribution in [-0.4, -0.2) is 5.78 Å². The summed E-state index contributed by atoms with van der Waals surface area (Å²) < 4.78 is 0. The lowest BCUT2D eigenvalue weighted by molar-refractivity contribution is -0.118. The van der Waals surface area contributed by atoms with Crippen LogP contribution in [0, 0.1) is 0 Å². The molecule has 0 amide bonds. The Morgan fingerprint density at radius 1 is 1.29 bits per heavy atom. The van der Waals surface area contributed by atoms with E-state index in [0.29, 0.717) is 6.42 Å². The molecule has 0 saturated heterocycles. The van der Waals surface area contributed by atoms with E-state index < -0.39 is 0 Å². The molecule has 0 atom stereocenters. The van der Waals surface area contributed by atoms with Gasteiger partial charge in [0.1, 0.15) is 5.78 Å². The van der Waals surface area contributed by atoms with Crippen LogP contribution < -0.4 is 0 Å². The smallest absolute Gasteiger partial charge is 0.130 e. The fourth-order valence-corrected chi connectivity index (χ4v) is 1.75. The third-order valence-electron chi connectivity index (χ3n) is 2.32. The maximum absolute atomic E-state index is 11.1. The standard InChI is InChI=1S/C12H15ClO/c1-9(14)8-12(2,3)10-4-6-11(13)7-5-10/h4-7H,8H2,1-3H3. The Morgan fingerprint density at radius 3 is 2.21 bits per heavy atom. The number of hydrogen-bond donors (Lipinski definition) is 0. The van der Waals surface area contributed by atoms with Crippen LogP contribution in [0.2, 0.25) is 5.02 Å². The van der Waals surface area contributed by atoms with Crippen LogP contribution in [0.1, 0.15) is 32.8 Å². The fourth-order valence-electron chi connectivity index (χ4n) is 1.63. The van der Waals surface area contributed by atoms with Gasteiger partial charge in [0.25, 0.3) is 0 Å². The second-order valence-corrected chi connectivity index (χ2v) is 4.71. The molecule has 0 fully saturated rings. The van der Waals surface area contributed by atoms with Crippen molar-refractivity contribution in [3.63, 3.8) is 0 Å². The van der Waals surface area contributed by atoms with E-state index in [1.54, 1.807) is 6.92 Å². The maximum atomic E-state index is 11.1. The summed E-state index contributed by atoms with van der Waals surface area (Å²) in [5.41, 5.74) is 1.05. The van der Waals surface area contributed by atoms with Gasteiger partial charge in [0.05, 0.1) is 0 Å². The molecule has 0 aliphatic carbocycles. The fraction of sp³-hybridized carbons (Fsp3) is 0.417. The molecule has 1 aromatic carbocycles. The number of halogens is 1. The highest BCUT2D eigenvalue weighted by Crippen LogP contribution is 2.28. The van der Waals surface area contributed by atoms with E-state index in [-0.39, 0.29) is 11.2 Å². The topological polar surface area (TPSA) is 17.1 Å². The SMILES string of the molecule is CC(=O)CC(C)(C)c1ccc(Cl)cc1. The number of hydrogen-bond acceptors (Lipinski definition) is 1. The predicted octanol–water partition coefficient (Wildman–Crippen LogP) is 3.60. The summed E-state index contributed by atoms with van der Waals surface area (Å²) in [7, 11) is 0. The molecule has 1 aromatic rings. The van der Waals surface area contributed by atoms with E-state index >= 15 is 0 Å². The summed E-state index contributed by atoms with van der Waals surface area (Å²) in [4.78, 5) is 11.1. The third-order valence-corrected chi connectivity index (χ3v) is 2.57. The van der Waals surface area contributed by atoms with Crippen molar-refractivity contribution >= 4 is 17.4 Å². The lowest BCUT2D eigenvalue weighted by Gasteiger charge is -2.23. The van der Waals surface area contributed by atoms with Crippen LogP contribution in [0.5, 0.6) is 0 Å². The first-order chi connectivity index (χ1) is 6.42. The van der Waals surface area contributed by atoms with E-state index in [2.05, 4.69) is 13.8 Å². The van der Waals surface area contributed by atoms with Crippen LogP contribution in [0.4, 0.5) is 0 Å². The van der Waals surface area contributed by atoms with Crippen LogP contribution >= 0.6 is 11.6 Å². The molecule has 0 aromatic heterocycles. The maximum Gasteiger partial charge on any atom is 0.130 e. The second-order valence-electron chi connectivity index (χ2n) is 4.27. The van der Waals surface area contributed by atoms with Crippen molar-refractivity contribution in [2.75, 3.05) is 0 Å². The average Bonchev–Trinajstić information content (AvgIpc) is 2.02. The Hall–Kier alpha value is -0.820. The Balaban J connectivity index is 2.91. The largest absolute Gasteiger partial charge is 0.300 e. The average molecular weight is 211 g/mol. The number of carbonyl (C=O) groups is 1. The molecule has 0 heterocycles. The Bertz CT molecular complexity index is 325. The van der Waals surface area contributed by atoms with Crippen molar-refractivity contribution in [3.05, 3.63) is 34.9 Å². The zero-order valence-corrected chi connectivity index (χ0v) is 9.56. The van der Waals surface area contributed by atoms with Crippen molar-refractivity contribution in [3.8, 4) is 0 Å². The molecule has 76 valence electrons. The molecule has 0 saturated carbocycles. The van der Waals surface area contributed by atoms with Gasteiger partial charge in [-0.25, -0.2) is 0 Å². The van der Waals surface area contributed by atoms with Gasteiger partial charge in [-0.05, 0) is 30.0 Å². The highest BCUT2D eigenvalue weighted by Gasteiger charge is 2.22. The summed E-state index contributed by atoms with van der Waals surface area (Å²) in [6.07, 6.45) is 0.564. The molecule has 0 aliphatic heterocycles. The van der Waals surface area contributed by atoms with Gasteiger partial charge in [-0.3, -0.25) is 4.79 Å². The van der Waals surface area contributed by atoms with Gasteiger partial charge in [-0.1, -0.05) is 37.6 Å². The molecule has 0 unspecified atom stereocenters. The van der Waals surface area contributed by atoms with Crippen molar-refractivity contribution in [2.45, 2.75) is 32.6 Å². The Kier molecular flexibility index (Phi) is 3.33.